The molecular weight excluding hydrogens is 376 g/mol. The van der Waals surface area contributed by atoms with E-state index in [1.54, 1.807) is 0 Å². The molecule has 0 aliphatic heterocycles. The third-order valence-corrected chi connectivity index (χ3v) is 5.06. The van der Waals surface area contributed by atoms with Crippen LogP contribution in [-0.2, 0) is 20.9 Å². The molecule has 0 aliphatic rings. The molecule has 0 fully saturated rings. The molecule has 0 aromatic heterocycles. The van der Waals surface area contributed by atoms with E-state index in [0.717, 1.165) is 24.8 Å². The van der Waals surface area contributed by atoms with Crippen molar-refractivity contribution in [1.82, 2.24) is 0 Å². The Labute approximate surface area is 183 Å². The Balaban J connectivity index is 1.84. The molecule has 0 radical (unpaired) electrons. The molecule has 4 heteroatoms. The first kappa shape index (κ1) is 26.2. The SMILES string of the molecule is C#CCCCCCCCCCCCCCC(=O)OCC(O)COCc1ccccc1. The maximum absolute atomic E-state index is 11.8. The van der Waals surface area contributed by atoms with Crippen LogP contribution in [0.2, 0.25) is 0 Å². The Hall–Kier alpha value is -1.83. The number of carbonyl (C=O) groups excluding carboxylic acids is 1. The standard InChI is InChI=1S/C26H40O4/c1-2-3-4-5-6-7-8-9-10-11-12-13-17-20-26(28)30-23-25(27)22-29-21-24-18-15-14-16-19-24/h1,14-16,18-19,25,27H,3-13,17,20-23H2. The maximum atomic E-state index is 11.8. The van der Waals surface area contributed by atoms with Gasteiger partial charge in [0.05, 0.1) is 13.2 Å². The van der Waals surface area contributed by atoms with E-state index in [1.165, 1.54) is 57.8 Å². The normalized spacial score (nSPS) is 11.7. The molecule has 30 heavy (non-hydrogen) atoms. The number of hydrogen-bond donors (Lipinski definition) is 1. The first-order valence-corrected chi connectivity index (χ1v) is 11.6. The number of ether oxygens (including phenoxy) is 2. The summed E-state index contributed by atoms with van der Waals surface area (Å²) in [6.07, 6.45) is 19.1. The minimum Gasteiger partial charge on any atom is -0.463 e. The van der Waals surface area contributed by atoms with Crippen molar-refractivity contribution in [2.45, 2.75) is 96.2 Å². The molecule has 0 aliphatic carbocycles. The molecule has 1 aromatic rings. The second-order valence-electron chi connectivity index (χ2n) is 7.93. The third kappa shape index (κ3) is 16.0. The molecule has 0 spiro atoms. The fourth-order valence-electron chi connectivity index (χ4n) is 3.28. The molecule has 1 aromatic carbocycles. The Morgan fingerprint density at radius 2 is 1.43 bits per heavy atom. The van der Waals surface area contributed by atoms with Gasteiger partial charge in [0.1, 0.15) is 12.7 Å². The summed E-state index contributed by atoms with van der Waals surface area (Å²) in [6.45, 7) is 0.599. The van der Waals surface area contributed by atoms with E-state index >= 15 is 0 Å². The van der Waals surface area contributed by atoms with E-state index < -0.39 is 6.10 Å². The van der Waals surface area contributed by atoms with E-state index in [-0.39, 0.29) is 19.2 Å². The molecule has 4 nitrogen and oxygen atoms in total. The maximum Gasteiger partial charge on any atom is 0.305 e. The largest absolute Gasteiger partial charge is 0.463 e. The minimum absolute atomic E-state index is 0.00361. The highest BCUT2D eigenvalue weighted by molar-refractivity contribution is 5.69. The summed E-state index contributed by atoms with van der Waals surface area (Å²) in [5.41, 5.74) is 1.05. The topological polar surface area (TPSA) is 55.8 Å². The fourth-order valence-corrected chi connectivity index (χ4v) is 3.28. The van der Waals surface area contributed by atoms with Gasteiger partial charge >= 0.3 is 5.97 Å². The molecule has 1 atom stereocenters. The van der Waals surface area contributed by atoms with Crippen molar-refractivity contribution in [2.24, 2.45) is 0 Å². The first-order valence-electron chi connectivity index (χ1n) is 11.6. The number of aliphatic hydroxyl groups excluding tert-OH is 1. The Morgan fingerprint density at radius 3 is 2.03 bits per heavy atom. The van der Waals surface area contributed by atoms with Crippen molar-refractivity contribution >= 4 is 5.97 Å². The Morgan fingerprint density at radius 1 is 0.867 bits per heavy atom. The van der Waals surface area contributed by atoms with E-state index in [2.05, 4.69) is 5.92 Å². The highest BCUT2D eigenvalue weighted by atomic mass is 16.5. The third-order valence-electron chi connectivity index (χ3n) is 5.06. The summed E-state index contributed by atoms with van der Waals surface area (Å²) in [5, 5.41) is 9.85. The predicted octanol–water partition coefficient (Wildman–Crippen LogP) is 5.81. The summed E-state index contributed by atoms with van der Waals surface area (Å²) < 4.78 is 10.6. The minimum atomic E-state index is -0.782. The van der Waals surface area contributed by atoms with Crippen LogP contribution in [0.25, 0.3) is 0 Å². The van der Waals surface area contributed by atoms with Gasteiger partial charge in [0.15, 0.2) is 0 Å². The Kier molecular flexibility index (Phi) is 16.7. The highest BCUT2D eigenvalue weighted by Gasteiger charge is 2.09. The smallest absolute Gasteiger partial charge is 0.305 e. The number of benzene rings is 1. The quantitative estimate of drug-likeness (QED) is 0.176. The molecule has 1 N–H and O–H groups in total. The molecular formula is C26H40O4. The van der Waals surface area contributed by atoms with Crippen molar-refractivity contribution in [2.75, 3.05) is 13.2 Å². The van der Waals surface area contributed by atoms with Crippen LogP contribution in [0.15, 0.2) is 30.3 Å². The van der Waals surface area contributed by atoms with Crippen LogP contribution in [0.3, 0.4) is 0 Å². The van der Waals surface area contributed by atoms with Crippen molar-refractivity contribution in [3.05, 3.63) is 35.9 Å². The molecule has 0 amide bonds. The predicted molar refractivity (Wildman–Crippen MR) is 122 cm³/mol. The lowest BCUT2D eigenvalue weighted by Gasteiger charge is -2.12. The van der Waals surface area contributed by atoms with Gasteiger partial charge in [-0.3, -0.25) is 4.79 Å². The van der Waals surface area contributed by atoms with E-state index in [9.17, 15) is 9.90 Å². The lowest BCUT2D eigenvalue weighted by atomic mass is 10.0. The lowest BCUT2D eigenvalue weighted by Crippen LogP contribution is -2.23. The van der Waals surface area contributed by atoms with Crippen LogP contribution in [0.4, 0.5) is 0 Å². The summed E-state index contributed by atoms with van der Waals surface area (Å²) in [6, 6.07) is 9.78. The zero-order chi connectivity index (χ0) is 21.7. The van der Waals surface area contributed by atoms with Crippen LogP contribution < -0.4 is 0 Å². The van der Waals surface area contributed by atoms with Crippen LogP contribution >= 0.6 is 0 Å². The number of terminal acetylenes is 1. The van der Waals surface area contributed by atoms with Crippen molar-refractivity contribution in [3.63, 3.8) is 0 Å². The van der Waals surface area contributed by atoms with Gasteiger partial charge in [-0.05, 0) is 18.4 Å². The summed E-state index contributed by atoms with van der Waals surface area (Å²) in [7, 11) is 0. The Bertz CT molecular complexity index is 564. The zero-order valence-electron chi connectivity index (χ0n) is 18.5. The molecule has 1 unspecified atom stereocenters. The lowest BCUT2D eigenvalue weighted by molar-refractivity contribution is -0.148. The van der Waals surface area contributed by atoms with Gasteiger partial charge in [-0.15, -0.1) is 12.3 Å². The molecule has 0 saturated carbocycles. The highest BCUT2D eigenvalue weighted by Crippen LogP contribution is 2.12. The number of carbonyl (C=O) groups is 1. The summed E-state index contributed by atoms with van der Waals surface area (Å²) in [5.74, 6) is 2.45. The fraction of sp³-hybridized carbons (Fsp3) is 0.654. The monoisotopic (exact) mass is 416 g/mol. The molecule has 0 saturated heterocycles. The van der Waals surface area contributed by atoms with Gasteiger partial charge in [0.25, 0.3) is 0 Å². The summed E-state index contributed by atoms with van der Waals surface area (Å²) in [4.78, 5) is 11.8. The van der Waals surface area contributed by atoms with Crippen LogP contribution in [0.5, 0.6) is 0 Å². The zero-order valence-corrected chi connectivity index (χ0v) is 18.5. The molecule has 0 heterocycles. The average molecular weight is 417 g/mol. The number of hydrogen-bond acceptors (Lipinski definition) is 4. The second-order valence-corrected chi connectivity index (χ2v) is 7.93. The van der Waals surface area contributed by atoms with Gasteiger partial charge in [-0.1, -0.05) is 88.1 Å². The molecule has 1 rings (SSSR count). The van der Waals surface area contributed by atoms with Gasteiger partial charge in [0, 0.05) is 12.8 Å². The van der Waals surface area contributed by atoms with Crippen LogP contribution in [-0.4, -0.2) is 30.4 Å². The van der Waals surface area contributed by atoms with E-state index in [1.807, 2.05) is 30.3 Å². The summed E-state index contributed by atoms with van der Waals surface area (Å²) >= 11 is 0. The van der Waals surface area contributed by atoms with Crippen molar-refractivity contribution in [1.29, 1.82) is 0 Å². The van der Waals surface area contributed by atoms with Gasteiger partial charge in [0.2, 0.25) is 0 Å². The van der Waals surface area contributed by atoms with E-state index in [4.69, 9.17) is 15.9 Å². The van der Waals surface area contributed by atoms with Crippen molar-refractivity contribution in [3.8, 4) is 12.3 Å². The number of unbranched alkanes of at least 4 members (excludes halogenated alkanes) is 11. The second kappa shape index (κ2) is 19.2. The van der Waals surface area contributed by atoms with Gasteiger partial charge < -0.3 is 14.6 Å². The first-order chi connectivity index (χ1) is 14.7. The van der Waals surface area contributed by atoms with Crippen LogP contribution in [0.1, 0.15) is 89.0 Å². The van der Waals surface area contributed by atoms with Crippen molar-refractivity contribution < 1.29 is 19.4 Å². The average Bonchev–Trinajstić information content (AvgIpc) is 2.76. The number of esters is 1. The molecule has 168 valence electrons. The molecule has 0 bridgehead atoms. The van der Waals surface area contributed by atoms with Crippen LogP contribution in [0, 0.1) is 12.3 Å². The number of rotatable bonds is 19. The number of aliphatic hydroxyl groups is 1. The van der Waals surface area contributed by atoms with Gasteiger partial charge in [-0.2, -0.15) is 0 Å². The van der Waals surface area contributed by atoms with E-state index in [0.29, 0.717) is 13.0 Å². The van der Waals surface area contributed by atoms with Gasteiger partial charge in [-0.25, -0.2) is 0 Å².